The molecule has 1 N–H and O–H groups in total. The summed E-state index contributed by atoms with van der Waals surface area (Å²) in [6.07, 6.45) is 0.450. The first-order valence-corrected chi connectivity index (χ1v) is 11.1. The summed E-state index contributed by atoms with van der Waals surface area (Å²) in [5.41, 5.74) is 1.62. The number of likely N-dealkylation sites (N-methyl/N-ethyl adjacent to an activating group) is 1. The quantitative estimate of drug-likeness (QED) is 0.416. The predicted octanol–water partition coefficient (Wildman–Crippen LogP) is 3.91. The Balaban J connectivity index is 2.07. The molecule has 0 aliphatic carbocycles. The summed E-state index contributed by atoms with van der Waals surface area (Å²) in [7, 11) is 0. The van der Waals surface area contributed by atoms with Crippen molar-refractivity contribution < 1.29 is 18.9 Å². The standard InChI is InChI=1S/C22H26FN3O4S/c1-3-20(22(28)24-4-2)25(13-16-5-9-18(23)10-6-16)21(27)15-31-14-17-7-11-19(12-8-17)26(29)30/h5-12,20H,3-4,13-15H2,1-2H3,(H,24,28)/t20-/m1/s1. The second kappa shape index (κ2) is 12.0. The number of amides is 2. The smallest absolute Gasteiger partial charge is 0.269 e. The molecule has 0 saturated carbocycles. The summed E-state index contributed by atoms with van der Waals surface area (Å²) in [6.45, 7) is 4.32. The number of nitrogens with zero attached hydrogens (tertiary/aromatic N) is 2. The molecule has 0 radical (unpaired) electrons. The fourth-order valence-electron chi connectivity index (χ4n) is 3.05. The van der Waals surface area contributed by atoms with E-state index in [-0.39, 0.29) is 35.6 Å². The van der Waals surface area contributed by atoms with Gasteiger partial charge in [-0.15, -0.1) is 11.8 Å². The topological polar surface area (TPSA) is 92.6 Å². The Hall–Kier alpha value is -2.94. The van der Waals surface area contributed by atoms with E-state index in [1.54, 1.807) is 24.3 Å². The van der Waals surface area contributed by atoms with Gasteiger partial charge in [0.05, 0.1) is 10.7 Å². The van der Waals surface area contributed by atoms with Crippen molar-refractivity contribution in [2.24, 2.45) is 0 Å². The number of nitrogens with one attached hydrogen (secondary N) is 1. The van der Waals surface area contributed by atoms with E-state index in [4.69, 9.17) is 0 Å². The molecule has 9 heteroatoms. The van der Waals surface area contributed by atoms with Crippen LogP contribution in [0, 0.1) is 15.9 Å². The number of halogens is 1. The van der Waals surface area contributed by atoms with Gasteiger partial charge in [-0.3, -0.25) is 19.7 Å². The summed E-state index contributed by atoms with van der Waals surface area (Å²) >= 11 is 1.37. The van der Waals surface area contributed by atoms with E-state index in [0.29, 0.717) is 18.7 Å². The van der Waals surface area contributed by atoms with E-state index in [1.807, 2.05) is 13.8 Å². The van der Waals surface area contributed by atoms with Crippen LogP contribution < -0.4 is 5.32 Å². The van der Waals surface area contributed by atoms with Crippen LogP contribution in [-0.4, -0.2) is 40.0 Å². The fraction of sp³-hybridized carbons (Fsp3) is 0.364. The van der Waals surface area contributed by atoms with E-state index in [2.05, 4.69) is 5.32 Å². The van der Waals surface area contributed by atoms with Crippen molar-refractivity contribution >= 4 is 29.3 Å². The Morgan fingerprint density at radius 3 is 2.26 bits per heavy atom. The summed E-state index contributed by atoms with van der Waals surface area (Å²) in [5.74, 6) is -0.133. The molecule has 1 atom stereocenters. The number of carbonyl (C=O) groups is 2. The van der Waals surface area contributed by atoms with Crippen LogP contribution in [0.1, 0.15) is 31.4 Å². The van der Waals surface area contributed by atoms with Crippen molar-refractivity contribution in [2.75, 3.05) is 12.3 Å². The molecular weight excluding hydrogens is 421 g/mol. The van der Waals surface area contributed by atoms with Crippen LogP contribution in [0.15, 0.2) is 48.5 Å². The van der Waals surface area contributed by atoms with Gasteiger partial charge in [0.1, 0.15) is 11.9 Å². The van der Waals surface area contributed by atoms with E-state index >= 15 is 0 Å². The molecule has 7 nitrogen and oxygen atoms in total. The van der Waals surface area contributed by atoms with Crippen molar-refractivity contribution in [3.05, 3.63) is 75.6 Å². The van der Waals surface area contributed by atoms with Crippen LogP contribution in [0.25, 0.3) is 0 Å². The summed E-state index contributed by atoms with van der Waals surface area (Å²) in [5, 5.41) is 13.5. The van der Waals surface area contributed by atoms with Gasteiger partial charge in [-0.2, -0.15) is 0 Å². The van der Waals surface area contributed by atoms with Gasteiger partial charge in [-0.05, 0) is 36.6 Å². The maximum atomic E-state index is 13.2. The van der Waals surface area contributed by atoms with Crippen molar-refractivity contribution in [2.45, 2.75) is 38.6 Å². The van der Waals surface area contributed by atoms with Gasteiger partial charge in [0.15, 0.2) is 0 Å². The van der Waals surface area contributed by atoms with E-state index < -0.39 is 11.0 Å². The molecule has 0 fully saturated rings. The number of hydrogen-bond acceptors (Lipinski definition) is 5. The average Bonchev–Trinajstić information content (AvgIpc) is 2.75. The number of nitro benzene ring substituents is 1. The highest BCUT2D eigenvalue weighted by molar-refractivity contribution is 7.99. The monoisotopic (exact) mass is 447 g/mol. The third-order valence-electron chi connectivity index (χ3n) is 4.64. The second-order valence-electron chi connectivity index (χ2n) is 6.88. The minimum atomic E-state index is -0.627. The van der Waals surface area contributed by atoms with Crippen molar-refractivity contribution in [3.8, 4) is 0 Å². The SMILES string of the molecule is CCNC(=O)[C@@H](CC)N(Cc1ccc(F)cc1)C(=O)CSCc1ccc([N+](=O)[O-])cc1. The number of non-ortho nitro benzene ring substituents is 1. The van der Waals surface area contributed by atoms with Crippen LogP contribution in [0.2, 0.25) is 0 Å². The molecule has 2 rings (SSSR count). The van der Waals surface area contributed by atoms with E-state index in [1.165, 1.54) is 40.9 Å². The van der Waals surface area contributed by atoms with E-state index in [0.717, 1.165) is 11.1 Å². The van der Waals surface area contributed by atoms with Crippen molar-refractivity contribution in [1.29, 1.82) is 0 Å². The van der Waals surface area contributed by atoms with Crippen molar-refractivity contribution in [3.63, 3.8) is 0 Å². The first-order chi connectivity index (χ1) is 14.8. The number of benzene rings is 2. The number of hydrogen-bond donors (Lipinski definition) is 1. The number of rotatable bonds is 11. The Labute approximate surface area is 185 Å². The molecule has 2 aromatic rings. The Morgan fingerprint density at radius 2 is 1.71 bits per heavy atom. The average molecular weight is 448 g/mol. The number of carbonyl (C=O) groups excluding carboxylic acids is 2. The maximum Gasteiger partial charge on any atom is 0.269 e. The van der Waals surface area contributed by atoms with Crippen LogP contribution in [-0.2, 0) is 21.9 Å². The summed E-state index contributed by atoms with van der Waals surface area (Å²) < 4.78 is 13.2. The summed E-state index contributed by atoms with van der Waals surface area (Å²) in [6, 6.07) is 11.4. The normalized spacial score (nSPS) is 11.6. The first-order valence-electron chi connectivity index (χ1n) is 9.98. The molecule has 31 heavy (non-hydrogen) atoms. The molecule has 166 valence electrons. The lowest BCUT2D eigenvalue weighted by Crippen LogP contribution is -2.49. The molecule has 2 aromatic carbocycles. The molecule has 0 unspecified atom stereocenters. The van der Waals surface area contributed by atoms with E-state index in [9.17, 15) is 24.1 Å². The zero-order valence-corrected chi connectivity index (χ0v) is 18.4. The third-order valence-corrected chi connectivity index (χ3v) is 5.63. The molecule has 0 saturated heterocycles. The van der Waals surface area contributed by atoms with Crippen LogP contribution in [0.4, 0.5) is 10.1 Å². The van der Waals surface area contributed by atoms with Gasteiger partial charge in [-0.25, -0.2) is 4.39 Å². The van der Waals surface area contributed by atoms with Gasteiger partial charge < -0.3 is 10.2 Å². The Kier molecular flexibility index (Phi) is 9.45. The number of thioether (sulfide) groups is 1. The molecule has 0 aromatic heterocycles. The third kappa shape index (κ3) is 7.36. The predicted molar refractivity (Wildman–Crippen MR) is 119 cm³/mol. The fourth-order valence-corrected chi connectivity index (χ4v) is 3.92. The molecule has 0 heterocycles. The zero-order chi connectivity index (χ0) is 22.8. The van der Waals surface area contributed by atoms with Crippen LogP contribution in [0.3, 0.4) is 0 Å². The lowest BCUT2D eigenvalue weighted by Gasteiger charge is -2.30. The Morgan fingerprint density at radius 1 is 1.10 bits per heavy atom. The molecule has 0 aliphatic rings. The van der Waals surface area contributed by atoms with Crippen LogP contribution >= 0.6 is 11.8 Å². The Bertz CT molecular complexity index is 891. The van der Waals surface area contributed by atoms with Gasteiger partial charge in [-0.1, -0.05) is 31.2 Å². The molecule has 2 amide bonds. The maximum absolute atomic E-state index is 13.2. The van der Waals surface area contributed by atoms with Crippen molar-refractivity contribution in [1.82, 2.24) is 10.2 Å². The highest BCUT2D eigenvalue weighted by atomic mass is 32.2. The minimum Gasteiger partial charge on any atom is -0.355 e. The molecule has 0 spiro atoms. The lowest BCUT2D eigenvalue weighted by molar-refractivity contribution is -0.384. The highest BCUT2D eigenvalue weighted by Crippen LogP contribution is 2.19. The zero-order valence-electron chi connectivity index (χ0n) is 17.5. The highest BCUT2D eigenvalue weighted by Gasteiger charge is 2.28. The van der Waals surface area contributed by atoms with Gasteiger partial charge in [0, 0.05) is 31.0 Å². The van der Waals surface area contributed by atoms with Gasteiger partial charge in [0.25, 0.3) is 5.69 Å². The molecular formula is C22H26FN3O4S. The van der Waals surface area contributed by atoms with Crippen LogP contribution in [0.5, 0.6) is 0 Å². The molecule has 0 aliphatic heterocycles. The largest absolute Gasteiger partial charge is 0.355 e. The molecule has 0 bridgehead atoms. The number of nitro groups is 1. The lowest BCUT2D eigenvalue weighted by atomic mass is 10.1. The first kappa shape index (κ1) is 24.3. The second-order valence-corrected chi connectivity index (χ2v) is 7.87. The van der Waals surface area contributed by atoms with Gasteiger partial charge >= 0.3 is 0 Å². The van der Waals surface area contributed by atoms with Gasteiger partial charge in [0.2, 0.25) is 11.8 Å². The summed E-state index contributed by atoms with van der Waals surface area (Å²) in [4.78, 5) is 37.4. The minimum absolute atomic E-state index is 0.0167.